The molecule has 0 bridgehead atoms. The summed E-state index contributed by atoms with van der Waals surface area (Å²) < 4.78 is 33.0. The van der Waals surface area contributed by atoms with Crippen molar-refractivity contribution in [1.29, 1.82) is 0 Å². The Morgan fingerprint density at radius 2 is 1.86 bits per heavy atom. The summed E-state index contributed by atoms with van der Waals surface area (Å²) in [5.74, 6) is -1.40. The number of alkyl halides is 1. The SMILES string of the molecule is CCOC(=O)[C@H](NS(=O)(=O)c1ccc(C)cc1)[C@@]1(Cl)Cc2ccccc2C1=O. The van der Waals surface area contributed by atoms with E-state index < -0.39 is 32.7 Å². The zero-order chi connectivity index (χ0) is 20.5. The summed E-state index contributed by atoms with van der Waals surface area (Å²) in [6.45, 7) is 3.44. The minimum absolute atomic E-state index is 0.0173. The number of carbonyl (C=O) groups is 2. The average molecular weight is 422 g/mol. The maximum atomic E-state index is 13.0. The number of ether oxygens (including phenoxy) is 1. The molecule has 28 heavy (non-hydrogen) atoms. The Morgan fingerprint density at radius 3 is 2.46 bits per heavy atom. The standard InChI is InChI=1S/C20H20ClNO5S/c1-3-27-19(24)17(22-28(25,26)15-10-8-13(2)9-11-15)20(21)12-14-6-4-5-7-16(14)18(20)23/h4-11,17,22H,3,12H2,1-2H3/t17-,20-/m0/s1. The van der Waals surface area contributed by atoms with Crippen LogP contribution in [0.25, 0.3) is 0 Å². The third kappa shape index (κ3) is 3.70. The lowest BCUT2D eigenvalue weighted by molar-refractivity contribution is -0.145. The van der Waals surface area contributed by atoms with Gasteiger partial charge in [0.1, 0.15) is 10.9 Å². The van der Waals surface area contributed by atoms with Gasteiger partial charge in [0.15, 0.2) is 5.78 Å². The molecule has 1 N–H and O–H groups in total. The minimum atomic E-state index is -4.11. The van der Waals surface area contributed by atoms with Crippen molar-refractivity contribution in [3.63, 3.8) is 0 Å². The maximum absolute atomic E-state index is 13.0. The molecular formula is C20H20ClNO5S. The van der Waals surface area contributed by atoms with Gasteiger partial charge in [-0.1, -0.05) is 42.0 Å². The van der Waals surface area contributed by atoms with E-state index in [1.54, 1.807) is 43.3 Å². The Labute approximate surface area is 168 Å². The second kappa shape index (κ2) is 7.66. The Bertz CT molecular complexity index is 1020. The molecule has 0 saturated heterocycles. The predicted molar refractivity (Wildman–Crippen MR) is 105 cm³/mol. The number of nitrogens with one attached hydrogen (secondary N) is 1. The molecule has 6 nitrogen and oxygen atoms in total. The van der Waals surface area contributed by atoms with Crippen LogP contribution in [0.15, 0.2) is 53.4 Å². The third-order valence-corrected chi connectivity index (χ3v) is 6.63. The highest BCUT2D eigenvalue weighted by molar-refractivity contribution is 7.89. The molecule has 148 valence electrons. The molecule has 8 heteroatoms. The molecule has 1 aliphatic carbocycles. The molecule has 0 fully saturated rings. The van der Waals surface area contributed by atoms with Crippen LogP contribution >= 0.6 is 11.6 Å². The first-order valence-corrected chi connectivity index (χ1v) is 10.6. The van der Waals surface area contributed by atoms with Gasteiger partial charge in [0, 0.05) is 12.0 Å². The molecule has 0 spiro atoms. The Morgan fingerprint density at radius 1 is 1.21 bits per heavy atom. The van der Waals surface area contributed by atoms with Gasteiger partial charge in [0.2, 0.25) is 10.0 Å². The van der Waals surface area contributed by atoms with Crippen LogP contribution in [-0.2, 0) is 26.0 Å². The molecule has 1 aliphatic rings. The summed E-state index contributed by atoms with van der Waals surface area (Å²) >= 11 is 6.62. The number of Topliss-reactive ketones (excluding diaryl/α,β-unsaturated/α-hetero) is 1. The first kappa shape index (κ1) is 20.5. The minimum Gasteiger partial charge on any atom is -0.465 e. The van der Waals surface area contributed by atoms with Crippen molar-refractivity contribution in [1.82, 2.24) is 4.72 Å². The molecule has 2 atom stereocenters. The summed E-state index contributed by atoms with van der Waals surface area (Å²) in [6.07, 6.45) is 0.0173. The van der Waals surface area contributed by atoms with Crippen molar-refractivity contribution in [2.45, 2.75) is 36.1 Å². The number of hydrogen-bond donors (Lipinski definition) is 1. The molecule has 0 amide bonds. The predicted octanol–water partition coefficient (Wildman–Crippen LogP) is 2.62. The van der Waals surface area contributed by atoms with Crippen LogP contribution in [0.4, 0.5) is 0 Å². The molecule has 0 radical (unpaired) electrons. The zero-order valence-corrected chi connectivity index (χ0v) is 17.0. The second-order valence-corrected chi connectivity index (χ2v) is 9.03. The molecular weight excluding hydrogens is 402 g/mol. The van der Waals surface area contributed by atoms with E-state index in [4.69, 9.17) is 16.3 Å². The van der Waals surface area contributed by atoms with Gasteiger partial charge in [-0.2, -0.15) is 4.72 Å². The number of benzene rings is 2. The highest BCUT2D eigenvalue weighted by Crippen LogP contribution is 2.38. The zero-order valence-electron chi connectivity index (χ0n) is 15.4. The number of rotatable bonds is 6. The van der Waals surface area contributed by atoms with Crippen LogP contribution in [0.5, 0.6) is 0 Å². The van der Waals surface area contributed by atoms with E-state index in [2.05, 4.69) is 4.72 Å². The topological polar surface area (TPSA) is 89.5 Å². The lowest BCUT2D eigenvalue weighted by Gasteiger charge is -2.29. The van der Waals surface area contributed by atoms with Crippen LogP contribution in [-0.4, -0.2) is 37.7 Å². The number of sulfonamides is 1. The van der Waals surface area contributed by atoms with Gasteiger partial charge < -0.3 is 4.74 Å². The fraction of sp³-hybridized carbons (Fsp3) is 0.300. The van der Waals surface area contributed by atoms with E-state index in [0.717, 1.165) is 5.56 Å². The van der Waals surface area contributed by atoms with Gasteiger partial charge in [-0.25, -0.2) is 8.42 Å². The largest absolute Gasteiger partial charge is 0.465 e. The molecule has 0 aliphatic heterocycles. The van der Waals surface area contributed by atoms with Gasteiger partial charge in [0.05, 0.1) is 11.5 Å². The van der Waals surface area contributed by atoms with E-state index in [-0.39, 0.29) is 17.9 Å². The molecule has 0 saturated carbocycles. The van der Waals surface area contributed by atoms with Crippen molar-refractivity contribution in [3.05, 3.63) is 65.2 Å². The number of fused-ring (bicyclic) bond motifs is 1. The molecule has 2 aromatic rings. The molecule has 0 heterocycles. The average Bonchev–Trinajstić information content (AvgIpc) is 2.92. The Balaban J connectivity index is 2.00. The van der Waals surface area contributed by atoms with Crippen molar-refractivity contribution < 1.29 is 22.7 Å². The lowest BCUT2D eigenvalue weighted by atomic mass is 9.95. The van der Waals surface area contributed by atoms with E-state index in [1.165, 1.54) is 12.1 Å². The first-order chi connectivity index (χ1) is 13.2. The third-order valence-electron chi connectivity index (χ3n) is 4.67. The summed E-state index contributed by atoms with van der Waals surface area (Å²) in [5.41, 5.74) is 1.92. The van der Waals surface area contributed by atoms with Gasteiger partial charge in [-0.05, 0) is 31.5 Å². The van der Waals surface area contributed by atoms with E-state index >= 15 is 0 Å². The van der Waals surface area contributed by atoms with Crippen LogP contribution < -0.4 is 4.72 Å². The highest BCUT2D eigenvalue weighted by Gasteiger charge is 2.54. The number of halogens is 1. The number of aryl methyl sites for hydroxylation is 1. The summed E-state index contributed by atoms with van der Waals surface area (Å²) in [5, 5.41) is 0. The highest BCUT2D eigenvalue weighted by atomic mass is 35.5. The Kier molecular flexibility index (Phi) is 5.61. The fourth-order valence-corrected chi connectivity index (χ4v) is 4.90. The summed E-state index contributed by atoms with van der Waals surface area (Å²) in [4.78, 5) is 23.7. The summed E-state index contributed by atoms with van der Waals surface area (Å²) in [7, 11) is -4.11. The smallest absolute Gasteiger partial charge is 0.326 e. The maximum Gasteiger partial charge on any atom is 0.326 e. The number of ketones is 1. The Hall–Kier alpha value is -2.22. The lowest BCUT2D eigenvalue weighted by Crippen LogP contribution is -2.57. The van der Waals surface area contributed by atoms with Crippen molar-refractivity contribution in [2.75, 3.05) is 6.61 Å². The molecule has 2 aromatic carbocycles. The van der Waals surface area contributed by atoms with Crippen LogP contribution in [0.2, 0.25) is 0 Å². The van der Waals surface area contributed by atoms with Gasteiger partial charge in [0.25, 0.3) is 0 Å². The normalized spacial score (nSPS) is 19.9. The van der Waals surface area contributed by atoms with Crippen molar-refractivity contribution >= 4 is 33.4 Å². The van der Waals surface area contributed by atoms with Crippen LogP contribution in [0.3, 0.4) is 0 Å². The molecule has 0 aromatic heterocycles. The molecule has 0 unspecified atom stereocenters. The summed E-state index contributed by atoms with van der Waals surface area (Å²) in [6, 6.07) is 11.3. The van der Waals surface area contributed by atoms with E-state index in [9.17, 15) is 18.0 Å². The number of hydrogen-bond acceptors (Lipinski definition) is 5. The first-order valence-electron chi connectivity index (χ1n) is 8.76. The van der Waals surface area contributed by atoms with Crippen LogP contribution in [0, 0.1) is 6.92 Å². The molecule has 3 rings (SSSR count). The fourth-order valence-electron chi connectivity index (χ4n) is 3.20. The monoisotopic (exact) mass is 421 g/mol. The number of esters is 1. The quantitative estimate of drug-likeness (QED) is 0.572. The van der Waals surface area contributed by atoms with Crippen molar-refractivity contribution in [3.8, 4) is 0 Å². The van der Waals surface area contributed by atoms with Gasteiger partial charge in [-0.3, -0.25) is 9.59 Å². The van der Waals surface area contributed by atoms with E-state index in [0.29, 0.717) is 11.1 Å². The van der Waals surface area contributed by atoms with Gasteiger partial charge >= 0.3 is 5.97 Å². The van der Waals surface area contributed by atoms with Gasteiger partial charge in [-0.15, -0.1) is 11.6 Å². The second-order valence-electron chi connectivity index (χ2n) is 6.64. The van der Waals surface area contributed by atoms with Crippen LogP contribution in [0.1, 0.15) is 28.4 Å². The number of carbonyl (C=O) groups excluding carboxylic acids is 2. The van der Waals surface area contributed by atoms with E-state index in [1.807, 2.05) is 6.92 Å². The van der Waals surface area contributed by atoms with Crippen molar-refractivity contribution in [2.24, 2.45) is 0 Å².